The van der Waals surface area contributed by atoms with Gasteiger partial charge >= 0.3 is 0 Å². The van der Waals surface area contributed by atoms with Crippen molar-refractivity contribution >= 4 is 17.3 Å². The first-order valence-electron chi connectivity index (χ1n) is 7.10. The molecule has 2 aromatic carbocycles. The van der Waals surface area contributed by atoms with Gasteiger partial charge in [0.1, 0.15) is 12.4 Å². The van der Waals surface area contributed by atoms with Gasteiger partial charge < -0.3 is 4.74 Å². The Hall–Kier alpha value is -1.80. The van der Waals surface area contributed by atoms with E-state index in [1.54, 1.807) is 0 Å². The van der Waals surface area contributed by atoms with Crippen molar-refractivity contribution in [2.24, 2.45) is 4.99 Å². The molecule has 0 aliphatic rings. The minimum atomic E-state index is 0.474. The summed E-state index contributed by atoms with van der Waals surface area (Å²) in [5, 5.41) is 0.734. The van der Waals surface area contributed by atoms with Crippen molar-refractivity contribution in [3.8, 4) is 5.75 Å². The quantitative estimate of drug-likeness (QED) is 0.708. The van der Waals surface area contributed by atoms with Crippen molar-refractivity contribution in [2.75, 3.05) is 6.54 Å². The molecule has 110 valence electrons. The number of hydrogen-bond acceptors (Lipinski definition) is 2. The lowest BCUT2D eigenvalue weighted by Gasteiger charge is -2.11. The highest BCUT2D eigenvalue weighted by Gasteiger charge is 2.05. The Bertz CT molecular complexity index is 649. The fraction of sp³-hybridized carbons (Fsp3) is 0.278. The second-order valence-corrected chi connectivity index (χ2v) is 5.33. The molecule has 0 bridgehead atoms. The van der Waals surface area contributed by atoms with Gasteiger partial charge in [0.05, 0.1) is 0 Å². The van der Waals surface area contributed by atoms with Crippen LogP contribution in [0, 0.1) is 6.92 Å². The van der Waals surface area contributed by atoms with Crippen molar-refractivity contribution < 1.29 is 4.74 Å². The first-order chi connectivity index (χ1) is 10.1. The number of ether oxygens (including phenoxy) is 1. The van der Waals surface area contributed by atoms with Gasteiger partial charge in [-0.3, -0.25) is 4.99 Å². The van der Waals surface area contributed by atoms with Crippen LogP contribution in [0.3, 0.4) is 0 Å². The third-order valence-corrected chi connectivity index (χ3v) is 3.70. The fourth-order valence-electron chi connectivity index (χ4n) is 2.14. The van der Waals surface area contributed by atoms with Gasteiger partial charge in [0.15, 0.2) is 0 Å². The van der Waals surface area contributed by atoms with E-state index in [-0.39, 0.29) is 0 Å². The summed E-state index contributed by atoms with van der Waals surface area (Å²) in [5.41, 5.74) is 4.29. The molecular formula is C18H20ClNO. The zero-order valence-corrected chi connectivity index (χ0v) is 13.4. The minimum absolute atomic E-state index is 0.474. The molecule has 0 amide bonds. The van der Waals surface area contributed by atoms with Crippen LogP contribution < -0.4 is 4.74 Å². The van der Waals surface area contributed by atoms with Crippen molar-refractivity contribution in [3.63, 3.8) is 0 Å². The molecular weight excluding hydrogens is 282 g/mol. The summed E-state index contributed by atoms with van der Waals surface area (Å²) in [6.45, 7) is 7.39. The third-order valence-electron chi connectivity index (χ3n) is 3.33. The molecule has 0 radical (unpaired) electrons. The van der Waals surface area contributed by atoms with E-state index >= 15 is 0 Å². The first kappa shape index (κ1) is 15.6. The second-order valence-electron chi connectivity index (χ2n) is 4.92. The van der Waals surface area contributed by atoms with Gasteiger partial charge in [0, 0.05) is 22.8 Å². The number of rotatable bonds is 5. The monoisotopic (exact) mass is 301 g/mol. The lowest BCUT2D eigenvalue weighted by Crippen LogP contribution is -2.00. The maximum absolute atomic E-state index is 6.14. The molecule has 0 saturated heterocycles. The van der Waals surface area contributed by atoms with Crippen LogP contribution in [0.5, 0.6) is 5.75 Å². The van der Waals surface area contributed by atoms with Crippen molar-refractivity contribution in [3.05, 3.63) is 64.2 Å². The summed E-state index contributed by atoms with van der Waals surface area (Å²) in [5.74, 6) is 0.878. The summed E-state index contributed by atoms with van der Waals surface area (Å²) in [7, 11) is 0. The highest BCUT2D eigenvalue weighted by atomic mass is 35.5. The van der Waals surface area contributed by atoms with E-state index in [4.69, 9.17) is 16.3 Å². The molecule has 0 saturated carbocycles. The lowest BCUT2D eigenvalue weighted by molar-refractivity contribution is 0.304. The maximum Gasteiger partial charge on any atom is 0.122 e. The van der Waals surface area contributed by atoms with Gasteiger partial charge in [-0.1, -0.05) is 29.8 Å². The molecule has 0 aromatic heterocycles. The molecule has 0 aliphatic carbocycles. The lowest BCUT2D eigenvalue weighted by atomic mass is 10.1. The van der Waals surface area contributed by atoms with Crippen LogP contribution in [0.25, 0.3) is 0 Å². The smallest absolute Gasteiger partial charge is 0.122 e. The van der Waals surface area contributed by atoms with Gasteiger partial charge in [-0.2, -0.15) is 0 Å². The largest absolute Gasteiger partial charge is 0.489 e. The molecule has 0 fully saturated rings. The molecule has 0 heterocycles. The van der Waals surface area contributed by atoms with Crippen LogP contribution in [0.15, 0.2) is 47.5 Å². The maximum atomic E-state index is 6.14. The average molecular weight is 302 g/mol. The summed E-state index contributed by atoms with van der Waals surface area (Å²) >= 11 is 6.14. The third kappa shape index (κ3) is 4.08. The Balaban J connectivity index is 2.12. The minimum Gasteiger partial charge on any atom is -0.489 e. The Labute approximate surface area is 131 Å². The van der Waals surface area contributed by atoms with Crippen LogP contribution in [0.2, 0.25) is 5.02 Å². The molecule has 3 heteroatoms. The Morgan fingerprint density at radius 1 is 1.19 bits per heavy atom. The molecule has 2 aromatic rings. The predicted molar refractivity (Wildman–Crippen MR) is 89.7 cm³/mol. The van der Waals surface area contributed by atoms with E-state index in [1.165, 1.54) is 0 Å². The number of aryl methyl sites for hydroxylation is 1. The predicted octanol–water partition coefficient (Wildman–Crippen LogP) is 5.06. The Morgan fingerprint density at radius 2 is 1.95 bits per heavy atom. The van der Waals surface area contributed by atoms with Crippen LogP contribution in [0.4, 0.5) is 0 Å². The molecule has 2 rings (SSSR count). The van der Waals surface area contributed by atoms with Crippen LogP contribution in [-0.4, -0.2) is 12.3 Å². The van der Waals surface area contributed by atoms with E-state index < -0.39 is 0 Å². The van der Waals surface area contributed by atoms with E-state index in [9.17, 15) is 0 Å². The standard InChI is InChI=1S/C18H20ClNO/c1-4-20-14(3)15-9-10-18(13(2)11-15)21-12-16-7-5-6-8-17(16)19/h5-11H,4,12H2,1-3H3. The highest BCUT2D eigenvalue weighted by molar-refractivity contribution is 6.31. The van der Waals surface area contributed by atoms with E-state index in [0.717, 1.165) is 39.7 Å². The van der Waals surface area contributed by atoms with Gasteiger partial charge in [0.25, 0.3) is 0 Å². The van der Waals surface area contributed by atoms with E-state index in [2.05, 4.69) is 11.1 Å². The molecule has 2 nitrogen and oxygen atoms in total. The van der Waals surface area contributed by atoms with Crippen molar-refractivity contribution in [1.82, 2.24) is 0 Å². The Morgan fingerprint density at radius 3 is 2.62 bits per heavy atom. The number of nitrogens with zero attached hydrogens (tertiary/aromatic N) is 1. The molecule has 0 unspecified atom stereocenters. The molecule has 0 spiro atoms. The van der Waals surface area contributed by atoms with Gasteiger partial charge in [-0.25, -0.2) is 0 Å². The number of aliphatic imine (C=N–C) groups is 1. The van der Waals surface area contributed by atoms with Crippen LogP contribution in [0.1, 0.15) is 30.5 Å². The van der Waals surface area contributed by atoms with E-state index in [0.29, 0.717) is 6.61 Å². The molecule has 21 heavy (non-hydrogen) atoms. The van der Waals surface area contributed by atoms with Crippen LogP contribution >= 0.6 is 11.6 Å². The molecule has 0 atom stereocenters. The number of benzene rings is 2. The zero-order valence-electron chi connectivity index (χ0n) is 12.7. The Kier molecular flexibility index (Phi) is 5.40. The fourth-order valence-corrected chi connectivity index (χ4v) is 2.33. The summed E-state index contributed by atoms with van der Waals surface area (Å²) < 4.78 is 5.87. The van der Waals surface area contributed by atoms with E-state index in [1.807, 2.05) is 57.2 Å². The molecule has 0 N–H and O–H groups in total. The van der Waals surface area contributed by atoms with Gasteiger partial charge in [0.2, 0.25) is 0 Å². The SMILES string of the molecule is CCN=C(C)c1ccc(OCc2ccccc2Cl)c(C)c1. The topological polar surface area (TPSA) is 21.6 Å². The highest BCUT2D eigenvalue weighted by Crippen LogP contribution is 2.23. The van der Waals surface area contributed by atoms with Gasteiger partial charge in [-0.15, -0.1) is 0 Å². The number of halogens is 1. The van der Waals surface area contributed by atoms with Crippen molar-refractivity contribution in [1.29, 1.82) is 0 Å². The summed E-state index contributed by atoms with van der Waals surface area (Å²) in [4.78, 5) is 4.43. The zero-order chi connectivity index (χ0) is 15.2. The second kappa shape index (κ2) is 7.28. The van der Waals surface area contributed by atoms with Gasteiger partial charge in [-0.05, 0) is 56.2 Å². The van der Waals surface area contributed by atoms with Crippen LogP contribution in [-0.2, 0) is 6.61 Å². The van der Waals surface area contributed by atoms with Crippen molar-refractivity contribution in [2.45, 2.75) is 27.4 Å². The summed E-state index contributed by atoms with van der Waals surface area (Å²) in [6, 6.07) is 13.9. The average Bonchev–Trinajstić information content (AvgIpc) is 2.47. The molecule has 0 aliphatic heterocycles. The summed E-state index contributed by atoms with van der Waals surface area (Å²) in [6.07, 6.45) is 0. The number of hydrogen-bond donors (Lipinski definition) is 0. The normalized spacial score (nSPS) is 11.5. The first-order valence-corrected chi connectivity index (χ1v) is 7.48.